The average molecular weight is 452 g/mol. The quantitative estimate of drug-likeness (QED) is 0.670. The number of hydrogen-bond donors (Lipinski definition) is 1. The van der Waals surface area contributed by atoms with E-state index < -0.39 is 0 Å². The fourth-order valence-electron chi connectivity index (χ4n) is 1.42. The van der Waals surface area contributed by atoms with Gasteiger partial charge in [-0.15, -0.1) is 0 Å². The molecule has 0 saturated carbocycles. The molecule has 0 aliphatic carbocycles. The van der Waals surface area contributed by atoms with E-state index in [4.69, 9.17) is 4.74 Å². The van der Waals surface area contributed by atoms with E-state index in [2.05, 4.69) is 64.2 Å². The maximum atomic E-state index is 9.21. The summed E-state index contributed by atoms with van der Waals surface area (Å²) in [7, 11) is 0. The maximum absolute atomic E-state index is 9.21. The van der Waals surface area contributed by atoms with Gasteiger partial charge < -0.3 is 9.84 Å². The highest BCUT2D eigenvalue weighted by Crippen LogP contribution is 2.33. The van der Waals surface area contributed by atoms with Crippen LogP contribution in [0.15, 0.2) is 36.4 Å². The summed E-state index contributed by atoms with van der Waals surface area (Å²) < 4.78 is 7.99. The molecule has 0 bridgehead atoms. The summed E-state index contributed by atoms with van der Waals surface area (Å²) in [6, 6.07) is 10.9. The van der Waals surface area contributed by atoms with Gasteiger partial charge in [0.05, 0.1) is 7.14 Å². The number of phenolic OH excluding ortho intramolecular Hbond substituents is 1. The largest absolute Gasteiger partial charge is 0.508 e. The van der Waals surface area contributed by atoms with Gasteiger partial charge in [-0.25, -0.2) is 0 Å². The number of phenols is 1. The fourth-order valence-corrected chi connectivity index (χ4v) is 3.72. The van der Waals surface area contributed by atoms with E-state index in [0.29, 0.717) is 0 Å². The second-order valence-corrected chi connectivity index (χ2v) is 5.98. The van der Waals surface area contributed by atoms with Crippen LogP contribution in [0.5, 0.6) is 17.2 Å². The molecule has 2 aromatic carbocycles. The van der Waals surface area contributed by atoms with Crippen LogP contribution in [0.3, 0.4) is 0 Å². The lowest BCUT2D eigenvalue weighted by Crippen LogP contribution is -1.91. The molecule has 88 valence electrons. The van der Waals surface area contributed by atoms with Gasteiger partial charge in [0, 0.05) is 0 Å². The van der Waals surface area contributed by atoms with Crippen molar-refractivity contribution in [2.45, 2.75) is 6.92 Å². The van der Waals surface area contributed by atoms with E-state index in [-0.39, 0.29) is 5.75 Å². The predicted octanol–water partition coefficient (Wildman–Crippen LogP) is 4.70. The zero-order valence-corrected chi connectivity index (χ0v) is 13.4. The molecule has 0 spiro atoms. The first-order valence-corrected chi connectivity index (χ1v) is 7.14. The Morgan fingerprint density at radius 3 is 2.06 bits per heavy atom. The summed E-state index contributed by atoms with van der Waals surface area (Å²) in [5.41, 5.74) is 1.22. The summed E-state index contributed by atoms with van der Waals surface area (Å²) in [6.45, 7) is 2.06. The number of rotatable bonds is 2. The highest BCUT2D eigenvalue weighted by molar-refractivity contribution is 14.1. The Hall–Kier alpha value is -0.500. The van der Waals surface area contributed by atoms with Crippen molar-refractivity contribution in [2.75, 3.05) is 0 Å². The zero-order chi connectivity index (χ0) is 12.4. The van der Waals surface area contributed by atoms with Gasteiger partial charge in [-0.3, -0.25) is 0 Å². The van der Waals surface area contributed by atoms with Gasteiger partial charge in [-0.05, 0) is 94.1 Å². The van der Waals surface area contributed by atoms with Gasteiger partial charge in [-0.2, -0.15) is 0 Å². The average Bonchev–Trinajstić information content (AvgIpc) is 2.26. The van der Waals surface area contributed by atoms with Crippen molar-refractivity contribution in [1.29, 1.82) is 0 Å². The predicted molar refractivity (Wildman–Crippen MR) is 84.8 cm³/mol. The van der Waals surface area contributed by atoms with Crippen molar-refractivity contribution in [1.82, 2.24) is 0 Å². The molecule has 0 unspecified atom stereocenters. The highest BCUT2D eigenvalue weighted by atomic mass is 127. The molecule has 0 radical (unpaired) electrons. The smallest absolute Gasteiger partial charge is 0.154 e. The summed E-state index contributed by atoms with van der Waals surface area (Å²) in [6.07, 6.45) is 0. The molecular formula is C13H10I2O2. The van der Waals surface area contributed by atoms with Gasteiger partial charge in [0.25, 0.3) is 0 Å². The second kappa shape index (κ2) is 5.43. The third-order valence-electron chi connectivity index (χ3n) is 2.20. The van der Waals surface area contributed by atoms with Crippen LogP contribution < -0.4 is 4.74 Å². The lowest BCUT2D eigenvalue weighted by Gasteiger charge is -2.10. The van der Waals surface area contributed by atoms with Crippen LogP contribution in [-0.2, 0) is 0 Å². The second-order valence-electron chi connectivity index (χ2n) is 3.65. The van der Waals surface area contributed by atoms with Crippen LogP contribution in [0.2, 0.25) is 0 Å². The Morgan fingerprint density at radius 2 is 1.53 bits per heavy atom. The Labute approximate surface area is 127 Å². The standard InChI is InChI=1S/C13H10I2O2/c1-8-6-11(14)13(12(15)7-8)17-10-4-2-9(16)3-5-10/h2-7,16H,1H3. The lowest BCUT2D eigenvalue weighted by atomic mass is 10.2. The Morgan fingerprint density at radius 1 is 1.00 bits per heavy atom. The lowest BCUT2D eigenvalue weighted by molar-refractivity contribution is 0.461. The minimum Gasteiger partial charge on any atom is -0.508 e. The maximum Gasteiger partial charge on any atom is 0.154 e. The first kappa shape index (κ1) is 12.9. The summed E-state index contributed by atoms with van der Waals surface area (Å²) >= 11 is 4.53. The van der Waals surface area contributed by atoms with Crippen molar-refractivity contribution in [3.05, 3.63) is 49.1 Å². The van der Waals surface area contributed by atoms with Crippen LogP contribution in [0.4, 0.5) is 0 Å². The van der Waals surface area contributed by atoms with Crippen molar-refractivity contribution in [3.8, 4) is 17.2 Å². The fraction of sp³-hybridized carbons (Fsp3) is 0.0769. The Kier molecular flexibility index (Phi) is 4.13. The molecule has 2 nitrogen and oxygen atoms in total. The number of aryl methyl sites for hydroxylation is 1. The molecule has 2 rings (SSSR count). The van der Waals surface area contributed by atoms with E-state index in [1.54, 1.807) is 24.3 Å². The van der Waals surface area contributed by atoms with Crippen molar-refractivity contribution < 1.29 is 9.84 Å². The van der Waals surface area contributed by atoms with Crippen LogP contribution in [-0.4, -0.2) is 5.11 Å². The van der Waals surface area contributed by atoms with Crippen molar-refractivity contribution in [3.63, 3.8) is 0 Å². The van der Waals surface area contributed by atoms with Crippen molar-refractivity contribution in [2.24, 2.45) is 0 Å². The minimum atomic E-state index is 0.241. The van der Waals surface area contributed by atoms with Crippen LogP contribution in [0.25, 0.3) is 0 Å². The first-order valence-electron chi connectivity index (χ1n) is 4.99. The van der Waals surface area contributed by atoms with Gasteiger partial charge in [0.1, 0.15) is 11.5 Å². The third kappa shape index (κ3) is 3.25. The molecule has 0 aliphatic rings. The molecule has 0 aromatic heterocycles. The van der Waals surface area contributed by atoms with Gasteiger partial charge in [0.15, 0.2) is 5.75 Å². The van der Waals surface area contributed by atoms with Crippen LogP contribution in [0, 0.1) is 14.1 Å². The highest BCUT2D eigenvalue weighted by Gasteiger charge is 2.08. The van der Waals surface area contributed by atoms with Gasteiger partial charge in [-0.1, -0.05) is 0 Å². The summed E-state index contributed by atoms with van der Waals surface area (Å²) in [4.78, 5) is 0. The van der Waals surface area contributed by atoms with Crippen molar-refractivity contribution >= 4 is 45.2 Å². The normalized spacial score (nSPS) is 10.3. The number of hydrogen-bond acceptors (Lipinski definition) is 2. The molecule has 0 amide bonds. The first-order chi connectivity index (χ1) is 8.06. The molecule has 4 heteroatoms. The number of benzene rings is 2. The van der Waals surface area contributed by atoms with Gasteiger partial charge in [0.2, 0.25) is 0 Å². The molecule has 0 fully saturated rings. The molecule has 17 heavy (non-hydrogen) atoms. The number of ether oxygens (including phenoxy) is 1. The van der Waals surface area contributed by atoms with E-state index in [1.165, 1.54) is 5.56 Å². The zero-order valence-electron chi connectivity index (χ0n) is 9.08. The third-order valence-corrected chi connectivity index (χ3v) is 3.80. The van der Waals surface area contributed by atoms with E-state index in [0.717, 1.165) is 18.6 Å². The molecule has 0 saturated heterocycles. The number of halogens is 2. The Balaban J connectivity index is 2.33. The molecule has 0 heterocycles. The molecule has 1 N–H and O–H groups in total. The number of aromatic hydroxyl groups is 1. The summed E-state index contributed by atoms with van der Waals surface area (Å²) in [5, 5.41) is 9.21. The van der Waals surface area contributed by atoms with Gasteiger partial charge >= 0.3 is 0 Å². The summed E-state index contributed by atoms with van der Waals surface area (Å²) in [5.74, 6) is 1.83. The Bertz CT molecular complexity index is 513. The SMILES string of the molecule is Cc1cc(I)c(Oc2ccc(O)cc2)c(I)c1. The molecule has 2 aromatic rings. The van der Waals surface area contributed by atoms with E-state index >= 15 is 0 Å². The molecule has 0 aliphatic heterocycles. The molecule has 0 atom stereocenters. The monoisotopic (exact) mass is 452 g/mol. The van der Waals surface area contributed by atoms with E-state index in [9.17, 15) is 5.11 Å². The van der Waals surface area contributed by atoms with Crippen LogP contribution >= 0.6 is 45.2 Å². The minimum absolute atomic E-state index is 0.241. The van der Waals surface area contributed by atoms with Crippen LogP contribution in [0.1, 0.15) is 5.56 Å². The topological polar surface area (TPSA) is 29.5 Å². The van der Waals surface area contributed by atoms with E-state index in [1.807, 2.05) is 0 Å². The molecular weight excluding hydrogens is 442 g/mol.